The molecule has 0 amide bonds. The SMILES string of the molecule is CCCCC(CC)C(=O)OCCOCCOc1ccc(N)cc1. The van der Waals surface area contributed by atoms with Crippen LogP contribution in [0.1, 0.15) is 39.5 Å². The van der Waals surface area contributed by atoms with Crippen molar-refractivity contribution in [2.45, 2.75) is 39.5 Å². The van der Waals surface area contributed by atoms with E-state index in [1.165, 1.54) is 0 Å². The van der Waals surface area contributed by atoms with Gasteiger partial charge in [0.1, 0.15) is 19.0 Å². The summed E-state index contributed by atoms with van der Waals surface area (Å²) in [5, 5.41) is 0. The van der Waals surface area contributed by atoms with E-state index in [9.17, 15) is 4.79 Å². The average Bonchev–Trinajstić information content (AvgIpc) is 2.56. The Bertz CT molecular complexity index is 433. The normalized spacial score (nSPS) is 11.9. The van der Waals surface area contributed by atoms with Crippen LogP contribution in [-0.2, 0) is 14.3 Å². The Kier molecular flexibility index (Phi) is 9.87. The maximum atomic E-state index is 11.9. The van der Waals surface area contributed by atoms with E-state index in [-0.39, 0.29) is 11.9 Å². The third kappa shape index (κ3) is 8.45. The van der Waals surface area contributed by atoms with Gasteiger partial charge in [-0.1, -0.05) is 26.7 Å². The molecule has 0 saturated carbocycles. The van der Waals surface area contributed by atoms with E-state index in [2.05, 4.69) is 6.92 Å². The Hall–Kier alpha value is -1.75. The van der Waals surface area contributed by atoms with Crippen LogP contribution >= 0.6 is 0 Å². The molecule has 0 aliphatic carbocycles. The quantitative estimate of drug-likeness (QED) is 0.362. The van der Waals surface area contributed by atoms with Crippen molar-refractivity contribution in [2.24, 2.45) is 5.92 Å². The zero-order chi connectivity index (χ0) is 16.9. The van der Waals surface area contributed by atoms with E-state index in [4.69, 9.17) is 19.9 Å². The number of carbonyl (C=O) groups excluding carboxylic acids is 1. The molecule has 0 radical (unpaired) electrons. The maximum Gasteiger partial charge on any atom is 0.308 e. The summed E-state index contributed by atoms with van der Waals surface area (Å²) in [6.45, 7) is 5.73. The van der Waals surface area contributed by atoms with Crippen molar-refractivity contribution in [1.82, 2.24) is 0 Å². The predicted molar refractivity (Wildman–Crippen MR) is 91.4 cm³/mol. The summed E-state index contributed by atoms with van der Waals surface area (Å²) in [6.07, 6.45) is 3.89. The van der Waals surface area contributed by atoms with Gasteiger partial charge in [0.25, 0.3) is 0 Å². The third-order valence-corrected chi connectivity index (χ3v) is 3.58. The highest BCUT2D eigenvalue weighted by Crippen LogP contribution is 2.14. The summed E-state index contributed by atoms with van der Waals surface area (Å²) in [7, 11) is 0. The van der Waals surface area contributed by atoms with Crippen LogP contribution in [0.4, 0.5) is 5.69 Å². The molecule has 130 valence electrons. The molecular weight excluding hydrogens is 294 g/mol. The van der Waals surface area contributed by atoms with Crippen LogP contribution in [0, 0.1) is 5.92 Å². The molecule has 1 rings (SSSR count). The molecule has 0 aliphatic heterocycles. The molecule has 0 saturated heterocycles. The lowest BCUT2D eigenvalue weighted by Crippen LogP contribution is -2.20. The van der Waals surface area contributed by atoms with Crippen molar-refractivity contribution in [3.05, 3.63) is 24.3 Å². The van der Waals surface area contributed by atoms with Crippen molar-refractivity contribution in [3.63, 3.8) is 0 Å². The van der Waals surface area contributed by atoms with Crippen molar-refractivity contribution in [1.29, 1.82) is 0 Å². The summed E-state index contributed by atoms with van der Waals surface area (Å²) >= 11 is 0. The first kappa shape index (κ1) is 19.3. The second-order valence-electron chi connectivity index (χ2n) is 5.44. The number of esters is 1. The first-order chi connectivity index (χ1) is 11.2. The highest BCUT2D eigenvalue weighted by atomic mass is 16.6. The van der Waals surface area contributed by atoms with Crippen LogP contribution in [-0.4, -0.2) is 32.4 Å². The molecule has 23 heavy (non-hydrogen) atoms. The standard InChI is InChI=1S/C18H29NO4/c1-3-5-6-15(4-2)18(20)23-14-12-21-11-13-22-17-9-7-16(19)8-10-17/h7-10,15H,3-6,11-14,19H2,1-2H3. The van der Waals surface area contributed by atoms with Crippen molar-refractivity contribution < 1.29 is 19.0 Å². The molecule has 2 N–H and O–H groups in total. The topological polar surface area (TPSA) is 70.8 Å². The molecule has 1 atom stereocenters. The molecule has 5 nitrogen and oxygen atoms in total. The highest BCUT2D eigenvalue weighted by molar-refractivity contribution is 5.72. The number of carbonyl (C=O) groups is 1. The minimum absolute atomic E-state index is 0.0174. The van der Waals surface area contributed by atoms with Crippen molar-refractivity contribution in [2.75, 3.05) is 32.2 Å². The van der Waals surface area contributed by atoms with Gasteiger partial charge in [0.05, 0.1) is 19.1 Å². The molecule has 0 spiro atoms. The predicted octanol–water partition coefficient (Wildman–Crippen LogP) is 3.42. The molecule has 0 bridgehead atoms. The number of nitrogens with two attached hydrogens (primary N) is 1. The average molecular weight is 323 g/mol. The monoisotopic (exact) mass is 323 g/mol. The largest absolute Gasteiger partial charge is 0.491 e. The molecule has 1 unspecified atom stereocenters. The number of hydrogen-bond acceptors (Lipinski definition) is 5. The summed E-state index contributed by atoms with van der Waals surface area (Å²) in [6, 6.07) is 7.22. The molecule has 5 heteroatoms. The number of hydrogen-bond donors (Lipinski definition) is 1. The second-order valence-corrected chi connectivity index (χ2v) is 5.44. The van der Waals surface area contributed by atoms with Gasteiger partial charge in [0.2, 0.25) is 0 Å². The van der Waals surface area contributed by atoms with Crippen LogP contribution in [0.15, 0.2) is 24.3 Å². The lowest BCUT2D eigenvalue weighted by Gasteiger charge is -2.13. The minimum Gasteiger partial charge on any atom is -0.491 e. The first-order valence-electron chi connectivity index (χ1n) is 8.40. The Labute approximate surface area is 139 Å². The zero-order valence-electron chi connectivity index (χ0n) is 14.3. The molecule has 0 aliphatic rings. The van der Waals surface area contributed by atoms with E-state index in [1.54, 1.807) is 12.1 Å². The Morgan fingerprint density at radius 2 is 1.78 bits per heavy atom. The lowest BCUT2D eigenvalue weighted by molar-refractivity contribution is -0.150. The zero-order valence-corrected chi connectivity index (χ0v) is 14.3. The van der Waals surface area contributed by atoms with Gasteiger partial charge in [-0.3, -0.25) is 4.79 Å². The van der Waals surface area contributed by atoms with Crippen molar-refractivity contribution >= 4 is 11.7 Å². The number of ether oxygens (including phenoxy) is 3. The van der Waals surface area contributed by atoms with Crippen molar-refractivity contribution in [3.8, 4) is 5.75 Å². The minimum atomic E-state index is -0.109. The fourth-order valence-electron chi connectivity index (χ4n) is 2.14. The van der Waals surface area contributed by atoms with Crippen LogP contribution < -0.4 is 10.5 Å². The smallest absolute Gasteiger partial charge is 0.308 e. The highest BCUT2D eigenvalue weighted by Gasteiger charge is 2.16. The number of anilines is 1. The summed E-state index contributed by atoms with van der Waals surface area (Å²) in [5.74, 6) is 0.669. The van der Waals surface area contributed by atoms with Crippen LogP contribution in [0.3, 0.4) is 0 Å². The lowest BCUT2D eigenvalue weighted by atomic mass is 10.00. The van der Waals surface area contributed by atoms with Gasteiger partial charge in [0.15, 0.2) is 0 Å². The van der Waals surface area contributed by atoms with Gasteiger partial charge in [0, 0.05) is 5.69 Å². The van der Waals surface area contributed by atoms with Gasteiger partial charge in [-0.2, -0.15) is 0 Å². The molecule has 1 aromatic carbocycles. The van der Waals surface area contributed by atoms with Gasteiger partial charge >= 0.3 is 5.97 Å². The Morgan fingerprint density at radius 1 is 1.09 bits per heavy atom. The maximum absolute atomic E-state index is 11.9. The molecular formula is C18H29NO4. The Morgan fingerprint density at radius 3 is 2.43 bits per heavy atom. The van der Waals surface area contributed by atoms with Crippen LogP contribution in [0.2, 0.25) is 0 Å². The third-order valence-electron chi connectivity index (χ3n) is 3.58. The Balaban J connectivity index is 2.04. The van der Waals surface area contributed by atoms with Gasteiger partial charge < -0.3 is 19.9 Å². The number of nitrogen functional groups attached to an aromatic ring is 1. The second kappa shape index (κ2) is 11.8. The first-order valence-corrected chi connectivity index (χ1v) is 8.40. The van der Waals surface area contributed by atoms with E-state index in [1.807, 2.05) is 19.1 Å². The fourth-order valence-corrected chi connectivity index (χ4v) is 2.14. The fraction of sp³-hybridized carbons (Fsp3) is 0.611. The van der Waals surface area contributed by atoms with E-state index < -0.39 is 0 Å². The van der Waals surface area contributed by atoms with E-state index >= 15 is 0 Å². The van der Waals surface area contributed by atoms with Crippen LogP contribution in [0.25, 0.3) is 0 Å². The molecule has 0 fully saturated rings. The van der Waals surface area contributed by atoms with Gasteiger partial charge in [-0.25, -0.2) is 0 Å². The van der Waals surface area contributed by atoms with E-state index in [0.717, 1.165) is 31.4 Å². The molecule has 1 aromatic rings. The molecule has 0 heterocycles. The van der Waals surface area contributed by atoms with Gasteiger partial charge in [-0.15, -0.1) is 0 Å². The van der Waals surface area contributed by atoms with E-state index in [0.29, 0.717) is 32.1 Å². The molecule has 0 aromatic heterocycles. The van der Waals surface area contributed by atoms with Gasteiger partial charge in [-0.05, 0) is 37.1 Å². The van der Waals surface area contributed by atoms with Crippen LogP contribution in [0.5, 0.6) is 5.75 Å². The summed E-state index contributed by atoms with van der Waals surface area (Å²) in [4.78, 5) is 11.9. The number of unbranched alkanes of at least 4 members (excludes halogenated alkanes) is 1. The number of rotatable bonds is 12. The number of benzene rings is 1. The summed E-state index contributed by atoms with van der Waals surface area (Å²) < 4.78 is 16.1. The summed E-state index contributed by atoms with van der Waals surface area (Å²) in [5.41, 5.74) is 6.31.